The Labute approximate surface area is 224 Å². The summed E-state index contributed by atoms with van der Waals surface area (Å²) >= 11 is 18.7. The lowest BCUT2D eigenvalue weighted by Crippen LogP contribution is -1.99. The molecule has 0 aliphatic heterocycles. The summed E-state index contributed by atoms with van der Waals surface area (Å²) in [6.45, 7) is 4.28. The van der Waals surface area contributed by atoms with Gasteiger partial charge in [-0.2, -0.15) is 0 Å². The van der Waals surface area contributed by atoms with Crippen LogP contribution >= 0.6 is 34.8 Å². The average molecular weight is 526 g/mol. The monoisotopic (exact) mass is 524 g/mol. The zero-order chi connectivity index (χ0) is 24.4. The molecule has 0 saturated carbocycles. The summed E-state index contributed by atoms with van der Waals surface area (Å²) in [5.41, 5.74) is 0. The molecule has 200 valence electrons. The van der Waals surface area contributed by atoms with Crippen LogP contribution in [-0.2, 0) is 0 Å². The van der Waals surface area contributed by atoms with Gasteiger partial charge in [-0.1, -0.05) is 135 Å². The van der Waals surface area contributed by atoms with Gasteiger partial charge in [-0.05, 0) is 39.0 Å². The standard InChI is InChI=1S/C30H59Cl3/c1-3-29(32)25-21-18-15-19-23-27-30(33)26-22-17-14-12-10-8-6-4-5-7-9-11-13-16-20-24-28(2)31/h28-30H,3-27H2,1-2H3. The lowest BCUT2D eigenvalue weighted by atomic mass is 10.0. The molecular formula is C30H59Cl3. The molecule has 0 nitrogen and oxygen atoms in total. The van der Waals surface area contributed by atoms with Crippen molar-refractivity contribution in [2.75, 3.05) is 0 Å². The maximum absolute atomic E-state index is 6.54. The van der Waals surface area contributed by atoms with Gasteiger partial charge in [0.15, 0.2) is 0 Å². The molecule has 0 heterocycles. The minimum atomic E-state index is 0.360. The highest BCUT2D eigenvalue weighted by molar-refractivity contribution is 6.20. The Morgan fingerprint density at radius 2 is 0.606 bits per heavy atom. The fourth-order valence-electron chi connectivity index (χ4n) is 4.70. The minimum Gasteiger partial charge on any atom is -0.123 e. The number of rotatable bonds is 27. The molecule has 33 heavy (non-hydrogen) atoms. The van der Waals surface area contributed by atoms with E-state index >= 15 is 0 Å². The second-order valence-corrected chi connectivity index (χ2v) is 12.6. The fourth-order valence-corrected chi connectivity index (χ4v) is 5.32. The molecule has 0 fully saturated rings. The van der Waals surface area contributed by atoms with Crippen LogP contribution in [0.15, 0.2) is 0 Å². The number of hydrogen-bond acceptors (Lipinski definition) is 0. The summed E-state index contributed by atoms with van der Waals surface area (Å²) in [5, 5.41) is 1.16. The van der Waals surface area contributed by atoms with Crippen LogP contribution in [0.2, 0.25) is 0 Å². The van der Waals surface area contributed by atoms with Crippen molar-refractivity contribution in [2.45, 2.75) is 190 Å². The second kappa shape index (κ2) is 27.5. The summed E-state index contributed by atoms with van der Waals surface area (Å²) in [6, 6.07) is 0. The van der Waals surface area contributed by atoms with E-state index in [4.69, 9.17) is 34.8 Å². The SMILES string of the molecule is CCC(Cl)CCCCCCCC(Cl)CCCCCCCCCCCCCCCCCC(C)Cl. The third kappa shape index (κ3) is 29.0. The highest BCUT2D eigenvalue weighted by atomic mass is 35.5. The highest BCUT2D eigenvalue weighted by Gasteiger charge is 2.05. The van der Waals surface area contributed by atoms with E-state index in [-0.39, 0.29) is 0 Å². The molecule has 0 rings (SSSR count). The summed E-state index contributed by atoms with van der Waals surface area (Å²) in [5.74, 6) is 0. The molecule has 0 aliphatic rings. The Morgan fingerprint density at radius 3 is 0.879 bits per heavy atom. The van der Waals surface area contributed by atoms with Gasteiger partial charge >= 0.3 is 0 Å². The summed E-state index contributed by atoms with van der Waals surface area (Å²) < 4.78 is 0. The first kappa shape index (κ1) is 33.9. The molecule has 0 aromatic heterocycles. The summed E-state index contributed by atoms with van der Waals surface area (Å²) in [4.78, 5) is 0. The van der Waals surface area contributed by atoms with E-state index in [1.54, 1.807) is 0 Å². The van der Waals surface area contributed by atoms with Crippen LogP contribution in [0.3, 0.4) is 0 Å². The van der Waals surface area contributed by atoms with Crippen molar-refractivity contribution in [2.24, 2.45) is 0 Å². The molecule has 3 unspecified atom stereocenters. The van der Waals surface area contributed by atoms with E-state index < -0.39 is 0 Å². The molecule has 0 radical (unpaired) electrons. The Balaban J connectivity index is 3.15. The van der Waals surface area contributed by atoms with Crippen LogP contribution in [0.5, 0.6) is 0 Å². The van der Waals surface area contributed by atoms with Crippen molar-refractivity contribution in [3.8, 4) is 0 Å². The molecule has 0 bridgehead atoms. The van der Waals surface area contributed by atoms with E-state index in [2.05, 4.69) is 13.8 Å². The number of alkyl halides is 3. The van der Waals surface area contributed by atoms with E-state index in [0.29, 0.717) is 16.1 Å². The lowest BCUT2D eigenvalue weighted by molar-refractivity contribution is 0.517. The summed E-state index contributed by atoms with van der Waals surface area (Å²) in [6.07, 6.45) is 33.7. The normalized spacial score (nSPS) is 14.5. The molecule has 0 aromatic carbocycles. The molecule has 0 spiro atoms. The zero-order valence-electron chi connectivity index (χ0n) is 22.5. The topological polar surface area (TPSA) is 0 Å². The predicted molar refractivity (Wildman–Crippen MR) is 156 cm³/mol. The van der Waals surface area contributed by atoms with Crippen molar-refractivity contribution >= 4 is 34.8 Å². The van der Waals surface area contributed by atoms with E-state index in [1.807, 2.05) is 0 Å². The van der Waals surface area contributed by atoms with Crippen LogP contribution in [0.25, 0.3) is 0 Å². The van der Waals surface area contributed by atoms with Crippen LogP contribution in [-0.4, -0.2) is 16.1 Å². The first-order valence-corrected chi connectivity index (χ1v) is 16.3. The van der Waals surface area contributed by atoms with Crippen LogP contribution in [0, 0.1) is 0 Å². The van der Waals surface area contributed by atoms with Crippen molar-refractivity contribution < 1.29 is 0 Å². The molecule has 0 aliphatic carbocycles. The maximum Gasteiger partial charge on any atom is 0.0336 e. The first-order valence-electron chi connectivity index (χ1n) is 15.0. The van der Waals surface area contributed by atoms with Gasteiger partial charge in [-0.15, -0.1) is 34.8 Å². The molecule has 0 amide bonds. The highest BCUT2D eigenvalue weighted by Crippen LogP contribution is 2.19. The Kier molecular flexibility index (Phi) is 28.2. The van der Waals surface area contributed by atoms with Crippen molar-refractivity contribution in [3.63, 3.8) is 0 Å². The van der Waals surface area contributed by atoms with Gasteiger partial charge in [0.25, 0.3) is 0 Å². The zero-order valence-corrected chi connectivity index (χ0v) is 24.8. The second-order valence-electron chi connectivity index (χ2n) is 10.6. The lowest BCUT2D eigenvalue weighted by Gasteiger charge is -2.09. The predicted octanol–water partition coefficient (Wildman–Crippen LogP) is 12.6. The van der Waals surface area contributed by atoms with Crippen LogP contribution in [0.1, 0.15) is 174 Å². The van der Waals surface area contributed by atoms with Crippen LogP contribution in [0.4, 0.5) is 0 Å². The Morgan fingerprint density at radius 1 is 0.364 bits per heavy atom. The number of unbranched alkanes of at least 4 members (excludes halogenated alkanes) is 18. The molecule has 3 atom stereocenters. The summed E-state index contributed by atoms with van der Waals surface area (Å²) in [7, 11) is 0. The van der Waals surface area contributed by atoms with Gasteiger partial charge in [0, 0.05) is 16.1 Å². The maximum atomic E-state index is 6.54. The Hall–Kier alpha value is 0.870. The van der Waals surface area contributed by atoms with E-state index in [0.717, 1.165) is 6.42 Å². The fraction of sp³-hybridized carbons (Fsp3) is 1.00. The number of hydrogen-bond donors (Lipinski definition) is 0. The van der Waals surface area contributed by atoms with Crippen LogP contribution < -0.4 is 0 Å². The van der Waals surface area contributed by atoms with Gasteiger partial charge in [0.1, 0.15) is 0 Å². The minimum absolute atomic E-state index is 0.360. The van der Waals surface area contributed by atoms with E-state index in [9.17, 15) is 0 Å². The van der Waals surface area contributed by atoms with E-state index in [1.165, 1.54) is 154 Å². The third-order valence-corrected chi connectivity index (χ3v) is 8.28. The number of halogens is 3. The molecule has 0 aromatic rings. The van der Waals surface area contributed by atoms with Gasteiger partial charge in [-0.3, -0.25) is 0 Å². The van der Waals surface area contributed by atoms with Gasteiger partial charge in [0.05, 0.1) is 0 Å². The largest absolute Gasteiger partial charge is 0.123 e. The first-order chi connectivity index (χ1) is 16.1. The van der Waals surface area contributed by atoms with Gasteiger partial charge in [-0.25, -0.2) is 0 Å². The quantitative estimate of drug-likeness (QED) is 0.0738. The molecule has 3 heteroatoms. The smallest absolute Gasteiger partial charge is 0.0336 e. The van der Waals surface area contributed by atoms with Crippen molar-refractivity contribution in [1.29, 1.82) is 0 Å². The Bertz CT molecular complexity index is 358. The van der Waals surface area contributed by atoms with Crippen molar-refractivity contribution in [3.05, 3.63) is 0 Å². The molecule has 0 N–H and O–H groups in total. The molecule has 0 saturated heterocycles. The third-order valence-electron chi connectivity index (χ3n) is 7.10. The van der Waals surface area contributed by atoms with Gasteiger partial charge < -0.3 is 0 Å². The van der Waals surface area contributed by atoms with Gasteiger partial charge in [0.2, 0.25) is 0 Å². The van der Waals surface area contributed by atoms with Crippen molar-refractivity contribution in [1.82, 2.24) is 0 Å². The average Bonchev–Trinajstić information content (AvgIpc) is 2.80. The molecular weight excluding hydrogens is 467 g/mol.